The molecule has 5 nitrogen and oxygen atoms in total. The number of rotatable bonds is 4. The van der Waals surface area contributed by atoms with Crippen molar-refractivity contribution in [3.63, 3.8) is 0 Å². The molecule has 0 N–H and O–H groups in total. The third kappa shape index (κ3) is 13.0. The van der Waals surface area contributed by atoms with Gasteiger partial charge >= 0.3 is 44.8 Å². The summed E-state index contributed by atoms with van der Waals surface area (Å²) >= 11 is 6.35. The topological polar surface area (TPSA) is 35.8 Å². The first-order chi connectivity index (χ1) is 12.7. The maximum absolute atomic E-state index is 12.3. The van der Waals surface area contributed by atoms with Gasteiger partial charge in [0.25, 0.3) is 5.76 Å². The summed E-state index contributed by atoms with van der Waals surface area (Å²) in [5, 5.41) is 0.349. The molecule has 0 aromatic heterocycles. The molecule has 0 bridgehead atoms. The zero-order valence-corrected chi connectivity index (χ0v) is 18.3. The van der Waals surface area contributed by atoms with Crippen LogP contribution in [0.3, 0.4) is 0 Å². The summed E-state index contributed by atoms with van der Waals surface area (Å²) in [5.74, 6) is 0.565. The number of hydrogen-bond donors (Lipinski definition) is 0. The molecule has 0 aliphatic heterocycles. The minimum absolute atomic E-state index is 0.315. The second-order valence-corrected chi connectivity index (χ2v) is 8.62. The standard InChI is InChI=1S/C16H23ClN3O2.F6P/c1-18(2)14(17)13(15(19(3)4)20(5)6)22-16(21)12-10-8-7-9-11-12;1-7(2,3,4,5)6/h7-11H,1-6H3;/q+1;-1. The summed E-state index contributed by atoms with van der Waals surface area (Å²) in [6.45, 7) is 0. The first-order valence-electron chi connectivity index (χ1n) is 7.83. The number of carbonyl (C=O) groups is 1. The van der Waals surface area contributed by atoms with Crippen molar-refractivity contribution in [1.29, 1.82) is 0 Å². The molecule has 29 heavy (non-hydrogen) atoms. The third-order valence-corrected chi connectivity index (χ3v) is 3.34. The summed E-state index contributed by atoms with van der Waals surface area (Å²) in [7, 11) is 0.395. The predicted molar refractivity (Wildman–Crippen MR) is 103 cm³/mol. The summed E-state index contributed by atoms with van der Waals surface area (Å²) in [5.41, 5.74) is 0.472. The van der Waals surface area contributed by atoms with Crippen LogP contribution in [-0.4, -0.2) is 68.5 Å². The molecule has 1 rings (SSSR count). The van der Waals surface area contributed by atoms with E-state index in [-0.39, 0.29) is 0 Å². The van der Waals surface area contributed by atoms with Gasteiger partial charge in [-0.1, -0.05) is 29.8 Å². The molecule has 168 valence electrons. The van der Waals surface area contributed by atoms with E-state index in [0.29, 0.717) is 22.3 Å². The van der Waals surface area contributed by atoms with Crippen LogP contribution in [0.4, 0.5) is 25.2 Å². The van der Waals surface area contributed by atoms with Gasteiger partial charge in [0.1, 0.15) is 0 Å². The van der Waals surface area contributed by atoms with Crippen LogP contribution in [-0.2, 0) is 4.74 Å². The van der Waals surface area contributed by atoms with Crippen molar-refractivity contribution in [3.8, 4) is 0 Å². The van der Waals surface area contributed by atoms with Crippen LogP contribution < -0.4 is 0 Å². The monoisotopic (exact) mass is 469 g/mol. The Labute approximate surface area is 170 Å². The van der Waals surface area contributed by atoms with Crippen molar-refractivity contribution in [1.82, 2.24) is 9.80 Å². The Balaban J connectivity index is 0.000000956. The number of carbonyl (C=O) groups excluding carboxylic acids is 1. The van der Waals surface area contributed by atoms with Gasteiger partial charge in [0.05, 0.1) is 33.8 Å². The predicted octanol–water partition coefficient (Wildman–Crippen LogP) is 5.43. The van der Waals surface area contributed by atoms with Gasteiger partial charge in [0.2, 0.25) is 0 Å². The number of hydrogen-bond acceptors (Lipinski definition) is 3. The van der Waals surface area contributed by atoms with Crippen LogP contribution in [0, 0.1) is 0 Å². The van der Waals surface area contributed by atoms with E-state index in [0.717, 1.165) is 0 Å². The molecular weight excluding hydrogens is 447 g/mol. The van der Waals surface area contributed by atoms with Crippen LogP contribution in [0.2, 0.25) is 0 Å². The van der Waals surface area contributed by atoms with E-state index in [1.54, 1.807) is 43.3 Å². The Morgan fingerprint density at radius 1 is 0.931 bits per heavy atom. The Kier molecular flexibility index (Phi) is 8.18. The van der Waals surface area contributed by atoms with Gasteiger partial charge in [-0.15, -0.1) is 0 Å². The fraction of sp³-hybridized carbons (Fsp3) is 0.375. The molecule has 0 radical (unpaired) electrons. The van der Waals surface area contributed by atoms with Gasteiger partial charge in [-0.2, -0.15) is 0 Å². The quantitative estimate of drug-likeness (QED) is 0.0861. The molecule has 0 atom stereocenters. The number of esters is 1. The van der Waals surface area contributed by atoms with E-state index in [2.05, 4.69) is 0 Å². The molecule has 0 unspecified atom stereocenters. The van der Waals surface area contributed by atoms with Crippen molar-refractivity contribution in [2.75, 3.05) is 42.3 Å². The molecular formula is C16H23ClF6N3O2P. The van der Waals surface area contributed by atoms with Gasteiger partial charge in [0.15, 0.2) is 5.16 Å². The molecule has 0 aliphatic carbocycles. The van der Waals surface area contributed by atoms with E-state index in [9.17, 15) is 30.0 Å². The molecule has 0 saturated carbocycles. The van der Waals surface area contributed by atoms with Crippen molar-refractivity contribution in [3.05, 3.63) is 46.8 Å². The number of benzene rings is 1. The SMILES string of the molecule is CN(C)C(/C(OC(=O)c1ccccc1)=C(/Cl)N(C)C)=[N+](C)C.F[P-](F)(F)(F)(F)F. The summed E-state index contributed by atoms with van der Waals surface area (Å²) in [6.07, 6.45) is 0. The van der Waals surface area contributed by atoms with Gasteiger partial charge in [0, 0.05) is 14.1 Å². The first kappa shape index (κ1) is 27.0. The zero-order chi connectivity index (χ0) is 23.3. The van der Waals surface area contributed by atoms with Crippen molar-refractivity contribution >= 4 is 31.2 Å². The van der Waals surface area contributed by atoms with E-state index in [1.165, 1.54) is 0 Å². The fourth-order valence-electron chi connectivity index (χ4n) is 1.92. The molecule has 0 aliphatic rings. The van der Waals surface area contributed by atoms with Crippen LogP contribution in [0.5, 0.6) is 0 Å². The molecule has 0 spiro atoms. The molecule has 1 aromatic carbocycles. The van der Waals surface area contributed by atoms with E-state index in [4.69, 9.17) is 16.3 Å². The fourth-order valence-corrected chi connectivity index (χ4v) is 2.04. The second-order valence-electron chi connectivity index (χ2n) is 6.34. The normalized spacial score (nSPS) is 14.2. The van der Waals surface area contributed by atoms with E-state index < -0.39 is 13.8 Å². The maximum atomic E-state index is 12.3. The molecule has 0 fully saturated rings. The van der Waals surface area contributed by atoms with Crippen LogP contribution in [0.1, 0.15) is 10.4 Å². The molecule has 13 heteroatoms. The van der Waals surface area contributed by atoms with Crippen LogP contribution in [0.25, 0.3) is 0 Å². The molecule has 1 aromatic rings. The van der Waals surface area contributed by atoms with Gasteiger partial charge in [-0.3, -0.25) is 9.48 Å². The van der Waals surface area contributed by atoms with Crippen molar-refractivity contribution in [2.45, 2.75) is 0 Å². The zero-order valence-electron chi connectivity index (χ0n) is 16.6. The Morgan fingerprint density at radius 2 is 1.34 bits per heavy atom. The molecule has 0 heterocycles. The summed E-state index contributed by atoms with van der Waals surface area (Å²) in [6, 6.07) is 8.83. The molecule has 0 amide bonds. The third-order valence-electron chi connectivity index (χ3n) is 2.83. The van der Waals surface area contributed by atoms with Gasteiger partial charge in [-0.05, 0) is 12.1 Å². The number of nitrogens with zero attached hydrogens (tertiary/aromatic N) is 3. The van der Waals surface area contributed by atoms with Crippen molar-refractivity contribution in [2.24, 2.45) is 0 Å². The van der Waals surface area contributed by atoms with Crippen molar-refractivity contribution < 1.29 is 39.3 Å². The van der Waals surface area contributed by atoms with E-state index >= 15 is 0 Å². The average Bonchev–Trinajstić information content (AvgIpc) is 2.50. The minimum atomic E-state index is -10.7. The Bertz CT molecular complexity index is 779. The van der Waals surface area contributed by atoms with Crippen LogP contribution >= 0.6 is 19.4 Å². The Hall–Kier alpha value is -2.00. The molecule has 0 saturated heterocycles. The number of halogens is 7. The summed E-state index contributed by atoms with van der Waals surface area (Å²) in [4.78, 5) is 15.9. The average molecular weight is 470 g/mol. The number of likely N-dealkylation sites (N-methyl/N-ethyl adjacent to an activating group) is 1. The number of ether oxygens (including phenoxy) is 1. The number of amidine groups is 1. The van der Waals surface area contributed by atoms with Crippen LogP contribution in [0.15, 0.2) is 41.2 Å². The van der Waals surface area contributed by atoms with Gasteiger partial charge < -0.3 is 9.64 Å². The second kappa shape index (κ2) is 8.79. The van der Waals surface area contributed by atoms with E-state index in [1.807, 2.05) is 43.7 Å². The summed E-state index contributed by atoms with van der Waals surface area (Å²) < 4.78 is 66.6. The Morgan fingerprint density at radius 3 is 1.66 bits per heavy atom. The van der Waals surface area contributed by atoms with Gasteiger partial charge in [-0.25, -0.2) is 4.79 Å². The first-order valence-corrected chi connectivity index (χ1v) is 10.2.